The summed E-state index contributed by atoms with van der Waals surface area (Å²) in [5.74, 6) is 1.38. The Morgan fingerprint density at radius 1 is 1.07 bits per heavy atom. The monoisotopic (exact) mass is 448 g/mol. The van der Waals surface area contributed by atoms with E-state index in [0.29, 0.717) is 18.7 Å². The highest BCUT2D eigenvalue weighted by Crippen LogP contribution is 2.25. The number of carbonyl (C=O) groups excluding carboxylic acids is 1. The van der Waals surface area contributed by atoms with Gasteiger partial charge < -0.3 is 5.32 Å². The lowest BCUT2D eigenvalue weighted by molar-refractivity contribution is -0.122. The minimum atomic E-state index is -3.61. The van der Waals surface area contributed by atoms with Gasteiger partial charge in [-0.1, -0.05) is 37.3 Å². The largest absolute Gasteiger partial charge is 0.353 e. The fourth-order valence-corrected chi connectivity index (χ4v) is 5.38. The minimum absolute atomic E-state index is 0.266. The molecular formula is C23H32N2O3S2. The standard InChI is InChI=1S/C23H32N2O3S2/c1-6-22(25(30(5,27)28)21-12-11-17(2)19(4)15-21)23(26)24-13-14-29-16-20-10-8-7-9-18(20)3/h7-12,15,22H,6,13-14,16H2,1-5H3,(H,24,26)/t22-/m1/s1. The van der Waals surface area contributed by atoms with Crippen LogP contribution in [-0.4, -0.2) is 38.9 Å². The van der Waals surface area contributed by atoms with Crippen molar-refractivity contribution in [1.82, 2.24) is 5.32 Å². The van der Waals surface area contributed by atoms with E-state index in [2.05, 4.69) is 24.4 Å². The SMILES string of the molecule is CC[C@H](C(=O)NCCSCc1ccccc1C)N(c1ccc(C)c(C)c1)S(C)(=O)=O. The van der Waals surface area contributed by atoms with Crippen LogP contribution in [0.2, 0.25) is 0 Å². The number of amides is 1. The van der Waals surface area contributed by atoms with Gasteiger partial charge in [0.25, 0.3) is 0 Å². The van der Waals surface area contributed by atoms with Crippen LogP contribution in [0.25, 0.3) is 0 Å². The third-order valence-electron chi connectivity index (χ3n) is 5.14. The molecule has 0 saturated carbocycles. The zero-order valence-corrected chi connectivity index (χ0v) is 20.1. The minimum Gasteiger partial charge on any atom is -0.353 e. The molecule has 1 amide bonds. The van der Waals surface area contributed by atoms with E-state index >= 15 is 0 Å². The number of aryl methyl sites for hydroxylation is 3. The summed E-state index contributed by atoms with van der Waals surface area (Å²) in [5.41, 5.74) is 5.14. The number of hydrogen-bond donors (Lipinski definition) is 1. The highest BCUT2D eigenvalue weighted by atomic mass is 32.2. The molecule has 0 aliphatic carbocycles. The molecule has 0 unspecified atom stereocenters. The number of nitrogens with one attached hydrogen (secondary N) is 1. The third-order valence-corrected chi connectivity index (χ3v) is 7.33. The zero-order chi connectivity index (χ0) is 22.3. The molecule has 0 radical (unpaired) electrons. The number of sulfonamides is 1. The second kappa shape index (κ2) is 10.9. The highest BCUT2D eigenvalue weighted by Gasteiger charge is 2.31. The third kappa shape index (κ3) is 6.51. The summed E-state index contributed by atoms with van der Waals surface area (Å²) in [6.07, 6.45) is 1.54. The van der Waals surface area contributed by atoms with Crippen molar-refractivity contribution in [1.29, 1.82) is 0 Å². The molecule has 0 bridgehead atoms. The normalized spacial score (nSPS) is 12.4. The van der Waals surface area contributed by atoms with E-state index in [9.17, 15) is 13.2 Å². The number of hydrogen-bond acceptors (Lipinski definition) is 4. The summed E-state index contributed by atoms with van der Waals surface area (Å²) in [5, 5.41) is 2.92. The molecule has 2 aromatic carbocycles. The van der Waals surface area contributed by atoms with E-state index in [1.807, 2.05) is 45.0 Å². The van der Waals surface area contributed by atoms with Gasteiger partial charge in [0.2, 0.25) is 15.9 Å². The van der Waals surface area contributed by atoms with Gasteiger partial charge in [0, 0.05) is 18.1 Å². The second-order valence-corrected chi connectivity index (χ2v) is 10.5. The smallest absolute Gasteiger partial charge is 0.243 e. The summed E-state index contributed by atoms with van der Waals surface area (Å²) in [6.45, 7) is 8.33. The van der Waals surface area contributed by atoms with Gasteiger partial charge in [-0.2, -0.15) is 11.8 Å². The molecule has 1 atom stereocenters. The maximum absolute atomic E-state index is 12.8. The predicted molar refractivity (Wildman–Crippen MR) is 128 cm³/mol. The van der Waals surface area contributed by atoms with E-state index in [0.717, 1.165) is 28.9 Å². The average Bonchev–Trinajstić information content (AvgIpc) is 2.68. The van der Waals surface area contributed by atoms with Gasteiger partial charge in [-0.05, 0) is 61.6 Å². The lowest BCUT2D eigenvalue weighted by Crippen LogP contribution is -2.49. The van der Waals surface area contributed by atoms with E-state index in [4.69, 9.17) is 0 Å². The lowest BCUT2D eigenvalue weighted by Gasteiger charge is -2.30. The molecule has 2 aromatic rings. The lowest BCUT2D eigenvalue weighted by atomic mass is 10.1. The van der Waals surface area contributed by atoms with Crippen LogP contribution in [0.3, 0.4) is 0 Å². The number of anilines is 1. The fourth-order valence-electron chi connectivity index (χ4n) is 3.24. The number of thioether (sulfide) groups is 1. The Kier molecular flexibility index (Phi) is 8.79. The van der Waals surface area contributed by atoms with Crippen LogP contribution >= 0.6 is 11.8 Å². The molecule has 164 valence electrons. The highest BCUT2D eigenvalue weighted by molar-refractivity contribution is 7.98. The molecule has 0 saturated heterocycles. The first-order valence-electron chi connectivity index (χ1n) is 10.1. The van der Waals surface area contributed by atoms with Crippen LogP contribution in [0.1, 0.15) is 35.6 Å². The Hall–Kier alpha value is -1.99. The van der Waals surface area contributed by atoms with Crippen molar-refractivity contribution in [2.75, 3.05) is 22.9 Å². The van der Waals surface area contributed by atoms with E-state index in [-0.39, 0.29) is 5.91 Å². The molecule has 30 heavy (non-hydrogen) atoms. The molecule has 0 fully saturated rings. The van der Waals surface area contributed by atoms with Crippen molar-refractivity contribution in [3.63, 3.8) is 0 Å². The van der Waals surface area contributed by atoms with Crippen LogP contribution in [0.5, 0.6) is 0 Å². The summed E-state index contributed by atoms with van der Waals surface area (Å²) in [6, 6.07) is 13.0. The van der Waals surface area contributed by atoms with Crippen molar-refractivity contribution in [2.45, 2.75) is 45.9 Å². The number of carbonyl (C=O) groups is 1. The first-order valence-corrected chi connectivity index (χ1v) is 13.1. The van der Waals surface area contributed by atoms with E-state index < -0.39 is 16.1 Å². The van der Waals surface area contributed by atoms with Gasteiger partial charge in [0.1, 0.15) is 6.04 Å². The molecule has 2 rings (SSSR count). The van der Waals surface area contributed by atoms with Gasteiger partial charge in [-0.25, -0.2) is 8.42 Å². The Labute approximate surface area is 185 Å². The van der Waals surface area contributed by atoms with Crippen LogP contribution in [0.15, 0.2) is 42.5 Å². The Bertz CT molecular complexity index is 974. The second-order valence-electron chi connectivity index (χ2n) is 7.52. The topological polar surface area (TPSA) is 66.5 Å². The predicted octanol–water partition coefficient (Wildman–Crippen LogP) is 4.21. The molecule has 1 N–H and O–H groups in total. The summed E-state index contributed by atoms with van der Waals surface area (Å²) in [7, 11) is -3.61. The molecular weight excluding hydrogens is 416 g/mol. The Morgan fingerprint density at radius 3 is 2.37 bits per heavy atom. The van der Waals surface area contributed by atoms with Crippen LogP contribution in [-0.2, 0) is 20.6 Å². The molecule has 7 heteroatoms. The average molecular weight is 449 g/mol. The number of benzene rings is 2. The first kappa shape index (κ1) is 24.3. The van der Waals surface area contributed by atoms with Gasteiger partial charge in [0.05, 0.1) is 11.9 Å². The van der Waals surface area contributed by atoms with Crippen molar-refractivity contribution < 1.29 is 13.2 Å². The Morgan fingerprint density at radius 2 is 1.77 bits per heavy atom. The van der Waals surface area contributed by atoms with Gasteiger partial charge in [-0.15, -0.1) is 0 Å². The Balaban J connectivity index is 2.01. The van der Waals surface area contributed by atoms with Crippen LogP contribution in [0, 0.1) is 20.8 Å². The van der Waals surface area contributed by atoms with Crippen molar-refractivity contribution in [2.24, 2.45) is 0 Å². The van der Waals surface area contributed by atoms with Gasteiger partial charge in [0.15, 0.2) is 0 Å². The summed E-state index contributed by atoms with van der Waals surface area (Å²) >= 11 is 1.75. The number of nitrogens with zero attached hydrogens (tertiary/aromatic N) is 1. The van der Waals surface area contributed by atoms with E-state index in [1.165, 1.54) is 15.4 Å². The number of rotatable bonds is 10. The molecule has 0 aromatic heterocycles. The van der Waals surface area contributed by atoms with Crippen LogP contribution in [0.4, 0.5) is 5.69 Å². The quantitative estimate of drug-likeness (QED) is 0.553. The first-order chi connectivity index (χ1) is 14.1. The molecule has 5 nitrogen and oxygen atoms in total. The summed E-state index contributed by atoms with van der Waals surface area (Å²) in [4.78, 5) is 12.8. The van der Waals surface area contributed by atoms with Gasteiger partial charge >= 0.3 is 0 Å². The maximum Gasteiger partial charge on any atom is 0.243 e. The van der Waals surface area contributed by atoms with Crippen molar-refractivity contribution in [3.8, 4) is 0 Å². The molecule has 0 aliphatic rings. The van der Waals surface area contributed by atoms with E-state index in [1.54, 1.807) is 17.8 Å². The molecule has 0 spiro atoms. The molecule has 0 aliphatic heterocycles. The van der Waals surface area contributed by atoms with Crippen molar-refractivity contribution >= 4 is 33.4 Å². The maximum atomic E-state index is 12.8. The summed E-state index contributed by atoms with van der Waals surface area (Å²) < 4.78 is 26.3. The molecule has 0 heterocycles. The van der Waals surface area contributed by atoms with Crippen molar-refractivity contribution in [3.05, 3.63) is 64.7 Å². The zero-order valence-electron chi connectivity index (χ0n) is 18.4. The fraction of sp³-hybridized carbons (Fsp3) is 0.435. The van der Waals surface area contributed by atoms with Crippen LogP contribution < -0.4 is 9.62 Å². The van der Waals surface area contributed by atoms with Gasteiger partial charge in [-0.3, -0.25) is 9.10 Å².